The van der Waals surface area contributed by atoms with Gasteiger partial charge in [-0.1, -0.05) is 0 Å². The highest BCUT2D eigenvalue weighted by molar-refractivity contribution is 7.99. The minimum Gasteiger partial charge on any atom is -0.375 e. The summed E-state index contributed by atoms with van der Waals surface area (Å²) in [6, 6.07) is 0.761. The van der Waals surface area contributed by atoms with Crippen LogP contribution in [0.25, 0.3) is 0 Å². The third-order valence-corrected chi connectivity index (χ3v) is 4.67. The van der Waals surface area contributed by atoms with E-state index in [9.17, 15) is 0 Å². The van der Waals surface area contributed by atoms with E-state index in [0.29, 0.717) is 5.92 Å². The molecule has 2 fully saturated rings. The maximum Gasteiger partial charge on any atom is 0.0667 e. The maximum atomic E-state index is 5.72. The third-order valence-electron chi connectivity index (χ3n) is 3.51. The first kappa shape index (κ1) is 10.8. The maximum absolute atomic E-state index is 5.72. The Bertz CT molecular complexity index is 190. The van der Waals surface area contributed by atoms with Gasteiger partial charge in [0.15, 0.2) is 0 Å². The van der Waals surface area contributed by atoms with E-state index in [4.69, 9.17) is 4.74 Å². The predicted molar refractivity (Wildman–Crippen MR) is 61.9 cm³/mol. The number of hydrogen-bond acceptors (Lipinski definition) is 3. The lowest BCUT2D eigenvalue weighted by molar-refractivity contribution is 0.0110. The van der Waals surface area contributed by atoms with Gasteiger partial charge in [0.1, 0.15) is 0 Å². The highest BCUT2D eigenvalue weighted by Crippen LogP contribution is 2.31. The standard InChI is InChI=1S/C11H21NOS/c1-11(2)9(3-5-13-11)7-12-10-4-6-14-8-10/h9-10,12H,3-8H2,1-2H3. The normalized spacial score (nSPS) is 36.4. The average Bonchev–Trinajstić information content (AvgIpc) is 2.71. The third kappa shape index (κ3) is 2.44. The molecule has 2 aliphatic rings. The van der Waals surface area contributed by atoms with Crippen molar-refractivity contribution in [3.05, 3.63) is 0 Å². The number of ether oxygens (including phenoxy) is 1. The van der Waals surface area contributed by atoms with Crippen molar-refractivity contribution in [1.82, 2.24) is 5.32 Å². The molecule has 2 nitrogen and oxygen atoms in total. The fourth-order valence-corrected chi connectivity index (χ4v) is 3.47. The molecule has 2 heterocycles. The summed E-state index contributed by atoms with van der Waals surface area (Å²) in [5.74, 6) is 3.34. The Labute approximate surface area is 91.2 Å². The lowest BCUT2D eigenvalue weighted by atomic mass is 9.91. The van der Waals surface area contributed by atoms with Crippen LogP contribution >= 0.6 is 11.8 Å². The molecule has 2 saturated heterocycles. The molecule has 0 aromatic carbocycles. The molecule has 14 heavy (non-hydrogen) atoms. The summed E-state index contributed by atoms with van der Waals surface area (Å²) in [6.45, 7) is 6.52. The minimum absolute atomic E-state index is 0.0960. The largest absolute Gasteiger partial charge is 0.375 e. The van der Waals surface area contributed by atoms with Gasteiger partial charge in [-0.3, -0.25) is 0 Å². The van der Waals surface area contributed by atoms with Gasteiger partial charge in [0.25, 0.3) is 0 Å². The van der Waals surface area contributed by atoms with Crippen LogP contribution in [0.1, 0.15) is 26.7 Å². The van der Waals surface area contributed by atoms with Gasteiger partial charge in [-0.25, -0.2) is 0 Å². The molecule has 0 aliphatic carbocycles. The van der Waals surface area contributed by atoms with Gasteiger partial charge in [-0.2, -0.15) is 11.8 Å². The van der Waals surface area contributed by atoms with Gasteiger partial charge >= 0.3 is 0 Å². The second kappa shape index (κ2) is 4.42. The smallest absolute Gasteiger partial charge is 0.0667 e. The van der Waals surface area contributed by atoms with Crippen LogP contribution in [0.3, 0.4) is 0 Å². The Kier molecular flexibility index (Phi) is 3.40. The monoisotopic (exact) mass is 215 g/mol. The first-order chi connectivity index (χ1) is 6.68. The first-order valence-electron chi connectivity index (χ1n) is 5.63. The Morgan fingerprint density at radius 1 is 1.43 bits per heavy atom. The zero-order chi connectivity index (χ0) is 10.0. The van der Waals surface area contributed by atoms with E-state index >= 15 is 0 Å². The molecule has 1 N–H and O–H groups in total. The van der Waals surface area contributed by atoms with Crippen LogP contribution < -0.4 is 5.32 Å². The van der Waals surface area contributed by atoms with Crippen LogP contribution in [-0.4, -0.2) is 36.3 Å². The quantitative estimate of drug-likeness (QED) is 0.777. The highest BCUT2D eigenvalue weighted by atomic mass is 32.2. The first-order valence-corrected chi connectivity index (χ1v) is 6.79. The molecule has 0 spiro atoms. The molecule has 2 unspecified atom stereocenters. The average molecular weight is 215 g/mol. The molecule has 82 valence electrons. The Morgan fingerprint density at radius 2 is 2.29 bits per heavy atom. The summed E-state index contributed by atoms with van der Waals surface area (Å²) in [6.07, 6.45) is 2.57. The second-order valence-corrected chi connectivity index (χ2v) is 6.06. The van der Waals surface area contributed by atoms with Gasteiger partial charge in [0.05, 0.1) is 5.60 Å². The van der Waals surface area contributed by atoms with Crippen molar-refractivity contribution in [3.63, 3.8) is 0 Å². The van der Waals surface area contributed by atoms with E-state index in [0.717, 1.165) is 19.2 Å². The lowest BCUT2D eigenvalue weighted by Gasteiger charge is -2.27. The second-order valence-electron chi connectivity index (χ2n) is 4.91. The van der Waals surface area contributed by atoms with Crippen molar-refractivity contribution in [2.75, 3.05) is 24.7 Å². The van der Waals surface area contributed by atoms with Crippen molar-refractivity contribution >= 4 is 11.8 Å². The van der Waals surface area contributed by atoms with Crippen LogP contribution in [0, 0.1) is 5.92 Å². The molecular formula is C11H21NOS. The van der Waals surface area contributed by atoms with E-state index in [-0.39, 0.29) is 5.60 Å². The predicted octanol–water partition coefficient (Wildman–Crippen LogP) is 1.90. The van der Waals surface area contributed by atoms with Gasteiger partial charge in [-0.05, 0) is 32.4 Å². The zero-order valence-corrected chi connectivity index (χ0v) is 10.0. The Hall–Kier alpha value is 0.270. The fraction of sp³-hybridized carbons (Fsp3) is 1.00. The molecule has 3 heteroatoms. The van der Waals surface area contributed by atoms with Gasteiger partial charge in [0.2, 0.25) is 0 Å². The van der Waals surface area contributed by atoms with E-state index in [2.05, 4.69) is 30.9 Å². The van der Waals surface area contributed by atoms with Crippen LogP contribution in [0.15, 0.2) is 0 Å². The molecular weight excluding hydrogens is 194 g/mol. The van der Waals surface area contributed by atoms with Crippen molar-refractivity contribution in [3.8, 4) is 0 Å². The zero-order valence-electron chi connectivity index (χ0n) is 9.21. The Balaban J connectivity index is 1.74. The number of nitrogens with one attached hydrogen (secondary N) is 1. The summed E-state index contributed by atoms with van der Waals surface area (Å²) in [5.41, 5.74) is 0.0960. The molecule has 2 atom stereocenters. The SMILES string of the molecule is CC1(C)OCCC1CNC1CCSC1. The minimum atomic E-state index is 0.0960. The summed E-state index contributed by atoms with van der Waals surface area (Å²) in [4.78, 5) is 0. The summed E-state index contributed by atoms with van der Waals surface area (Å²) < 4.78 is 5.72. The molecule has 2 rings (SSSR count). The number of rotatable bonds is 3. The molecule has 0 aromatic heterocycles. The van der Waals surface area contributed by atoms with E-state index in [1.807, 2.05) is 0 Å². The molecule has 0 bridgehead atoms. The van der Waals surface area contributed by atoms with Crippen molar-refractivity contribution in [2.45, 2.75) is 38.3 Å². The van der Waals surface area contributed by atoms with Crippen molar-refractivity contribution < 1.29 is 4.74 Å². The summed E-state index contributed by atoms with van der Waals surface area (Å²) in [5, 5.41) is 3.68. The lowest BCUT2D eigenvalue weighted by Crippen LogP contribution is -2.39. The molecule has 0 amide bonds. The van der Waals surface area contributed by atoms with Crippen LogP contribution in [0.4, 0.5) is 0 Å². The van der Waals surface area contributed by atoms with Crippen LogP contribution in [-0.2, 0) is 4.74 Å². The van der Waals surface area contributed by atoms with E-state index < -0.39 is 0 Å². The van der Waals surface area contributed by atoms with Crippen molar-refractivity contribution in [2.24, 2.45) is 5.92 Å². The van der Waals surface area contributed by atoms with Gasteiger partial charge < -0.3 is 10.1 Å². The van der Waals surface area contributed by atoms with E-state index in [1.165, 1.54) is 24.3 Å². The molecule has 0 saturated carbocycles. The number of thioether (sulfide) groups is 1. The molecule has 2 aliphatic heterocycles. The summed E-state index contributed by atoms with van der Waals surface area (Å²) in [7, 11) is 0. The topological polar surface area (TPSA) is 21.3 Å². The molecule has 0 aromatic rings. The number of hydrogen-bond donors (Lipinski definition) is 1. The molecule has 0 radical (unpaired) electrons. The summed E-state index contributed by atoms with van der Waals surface area (Å²) >= 11 is 2.07. The van der Waals surface area contributed by atoms with Gasteiger partial charge in [0, 0.05) is 30.9 Å². The fourth-order valence-electron chi connectivity index (χ4n) is 2.28. The highest BCUT2D eigenvalue weighted by Gasteiger charge is 2.35. The van der Waals surface area contributed by atoms with Crippen molar-refractivity contribution in [1.29, 1.82) is 0 Å². The van der Waals surface area contributed by atoms with Gasteiger partial charge in [-0.15, -0.1) is 0 Å². The van der Waals surface area contributed by atoms with Crippen LogP contribution in [0.2, 0.25) is 0 Å². The Morgan fingerprint density at radius 3 is 2.86 bits per heavy atom. The van der Waals surface area contributed by atoms with Crippen LogP contribution in [0.5, 0.6) is 0 Å². The van der Waals surface area contributed by atoms with E-state index in [1.54, 1.807) is 0 Å².